The van der Waals surface area contributed by atoms with Gasteiger partial charge in [-0.25, -0.2) is 14.4 Å². The molecule has 1 aliphatic rings. The van der Waals surface area contributed by atoms with Gasteiger partial charge >= 0.3 is 5.69 Å². The molecule has 2 N–H and O–H groups in total. The summed E-state index contributed by atoms with van der Waals surface area (Å²) in [7, 11) is 0. The van der Waals surface area contributed by atoms with Crippen molar-refractivity contribution in [2.45, 2.75) is 19.3 Å². The minimum Gasteiger partial charge on any atom is -0.351 e. The topological polar surface area (TPSA) is 113 Å². The number of nitrogens with zero attached hydrogens (tertiary/aromatic N) is 4. The first-order valence-corrected chi connectivity index (χ1v) is 10.6. The maximum absolute atomic E-state index is 13.1. The second-order valence-electron chi connectivity index (χ2n) is 7.86. The lowest BCUT2D eigenvalue weighted by Gasteiger charge is -2.32. The van der Waals surface area contributed by atoms with Crippen LogP contribution in [0.5, 0.6) is 0 Å². The van der Waals surface area contributed by atoms with E-state index in [4.69, 9.17) is 0 Å². The average molecular weight is 450 g/mol. The van der Waals surface area contributed by atoms with Crippen molar-refractivity contribution in [2.24, 2.45) is 5.92 Å². The molecule has 4 rings (SSSR count). The third-order valence-corrected chi connectivity index (χ3v) is 5.67. The summed E-state index contributed by atoms with van der Waals surface area (Å²) in [6.07, 6.45) is 3.98. The van der Waals surface area contributed by atoms with Crippen LogP contribution in [-0.4, -0.2) is 33.9 Å². The molecule has 0 bridgehead atoms. The van der Waals surface area contributed by atoms with E-state index in [1.54, 1.807) is 0 Å². The highest BCUT2D eigenvalue weighted by Crippen LogP contribution is 2.34. The van der Waals surface area contributed by atoms with Crippen molar-refractivity contribution in [3.8, 4) is 0 Å². The van der Waals surface area contributed by atoms with E-state index in [0.29, 0.717) is 19.0 Å². The van der Waals surface area contributed by atoms with Gasteiger partial charge in [0, 0.05) is 18.7 Å². The van der Waals surface area contributed by atoms with E-state index in [9.17, 15) is 19.3 Å². The standard InChI is InChI=1S/C23H23FN6O3/c24-19-8-6-18(7-9-19)23(31)28-27-21-20(30(32)33)22(26-15-25-21)29-12-10-17(11-13-29)14-16-4-2-1-3-5-16/h1-9,15,17H,10-14H2,(H,28,31)(H,25,26,27). The monoisotopic (exact) mass is 450 g/mol. The molecule has 170 valence electrons. The zero-order valence-electron chi connectivity index (χ0n) is 17.8. The minimum atomic E-state index is -0.578. The SMILES string of the molecule is O=C(NNc1ncnc(N2CCC(Cc3ccccc3)CC2)c1[N+](=O)[O-])c1ccc(F)cc1. The lowest BCUT2D eigenvalue weighted by atomic mass is 9.90. The van der Waals surface area contributed by atoms with E-state index in [-0.39, 0.29) is 22.9 Å². The average Bonchev–Trinajstić information content (AvgIpc) is 2.84. The highest BCUT2D eigenvalue weighted by atomic mass is 19.1. The van der Waals surface area contributed by atoms with Crippen molar-refractivity contribution >= 4 is 23.2 Å². The summed E-state index contributed by atoms with van der Waals surface area (Å²) in [5.74, 6) is -0.454. The Morgan fingerprint density at radius 2 is 1.79 bits per heavy atom. The molecule has 33 heavy (non-hydrogen) atoms. The predicted octanol–water partition coefficient (Wildman–Crippen LogP) is 3.74. The van der Waals surface area contributed by atoms with E-state index >= 15 is 0 Å². The summed E-state index contributed by atoms with van der Waals surface area (Å²) in [6, 6.07) is 15.2. The lowest BCUT2D eigenvalue weighted by Crippen LogP contribution is -2.36. The molecule has 1 aliphatic heterocycles. The largest absolute Gasteiger partial charge is 0.355 e. The Hall–Kier alpha value is -4.08. The second kappa shape index (κ2) is 10.0. The maximum atomic E-state index is 13.1. The predicted molar refractivity (Wildman–Crippen MR) is 121 cm³/mol. The first-order valence-electron chi connectivity index (χ1n) is 10.6. The van der Waals surface area contributed by atoms with Gasteiger partial charge in [0.05, 0.1) is 4.92 Å². The van der Waals surface area contributed by atoms with Crippen molar-refractivity contribution in [1.82, 2.24) is 15.4 Å². The number of rotatable bonds is 7. The Morgan fingerprint density at radius 1 is 1.09 bits per heavy atom. The molecule has 9 nitrogen and oxygen atoms in total. The summed E-state index contributed by atoms with van der Waals surface area (Å²) >= 11 is 0. The summed E-state index contributed by atoms with van der Waals surface area (Å²) in [6.45, 7) is 1.27. The van der Waals surface area contributed by atoms with E-state index in [2.05, 4.69) is 33.0 Å². The Balaban J connectivity index is 1.43. The van der Waals surface area contributed by atoms with Gasteiger partial charge in [0.1, 0.15) is 12.1 Å². The van der Waals surface area contributed by atoms with Crippen molar-refractivity contribution in [2.75, 3.05) is 23.4 Å². The molecule has 0 saturated carbocycles. The summed E-state index contributed by atoms with van der Waals surface area (Å²) in [5.41, 5.74) is 6.06. The molecule has 1 fully saturated rings. The normalized spacial score (nSPS) is 14.0. The van der Waals surface area contributed by atoms with Gasteiger partial charge in [-0.3, -0.25) is 25.8 Å². The van der Waals surface area contributed by atoms with Gasteiger partial charge in [0.15, 0.2) is 0 Å². The van der Waals surface area contributed by atoms with E-state index in [1.807, 2.05) is 23.1 Å². The number of hydrogen-bond acceptors (Lipinski definition) is 7. The molecule has 0 atom stereocenters. The third kappa shape index (κ3) is 5.40. The van der Waals surface area contributed by atoms with E-state index in [1.165, 1.54) is 24.0 Å². The fourth-order valence-corrected chi connectivity index (χ4v) is 3.95. The van der Waals surface area contributed by atoms with Gasteiger partial charge in [0.25, 0.3) is 5.91 Å². The summed E-state index contributed by atoms with van der Waals surface area (Å²) in [4.78, 5) is 33.5. The number of hydrogen-bond donors (Lipinski definition) is 2. The van der Waals surface area contributed by atoms with Crippen LogP contribution in [0.2, 0.25) is 0 Å². The number of benzene rings is 2. The molecule has 0 radical (unpaired) electrons. The molecule has 0 aliphatic carbocycles. The maximum Gasteiger partial charge on any atom is 0.355 e. The van der Waals surface area contributed by atoms with Gasteiger partial charge in [-0.05, 0) is 55.0 Å². The lowest BCUT2D eigenvalue weighted by molar-refractivity contribution is -0.383. The molecule has 2 aromatic carbocycles. The van der Waals surface area contributed by atoms with Crippen LogP contribution < -0.4 is 15.8 Å². The second-order valence-corrected chi connectivity index (χ2v) is 7.86. The van der Waals surface area contributed by atoms with Gasteiger partial charge in [-0.1, -0.05) is 30.3 Å². The van der Waals surface area contributed by atoms with Crippen LogP contribution in [0.1, 0.15) is 28.8 Å². The highest BCUT2D eigenvalue weighted by Gasteiger charge is 2.30. The molecule has 0 unspecified atom stereocenters. The summed E-state index contributed by atoms with van der Waals surface area (Å²) < 4.78 is 13.1. The van der Waals surface area contributed by atoms with Crippen molar-refractivity contribution in [3.05, 3.63) is 88.0 Å². The Kier molecular flexibility index (Phi) is 6.72. The first kappa shape index (κ1) is 22.1. The number of nitrogens with one attached hydrogen (secondary N) is 2. The number of amides is 1. The molecule has 1 aromatic heterocycles. The van der Waals surface area contributed by atoms with Crippen LogP contribution in [0, 0.1) is 21.8 Å². The van der Waals surface area contributed by atoms with Crippen LogP contribution in [0.4, 0.5) is 21.7 Å². The zero-order chi connectivity index (χ0) is 23.2. The number of piperidine rings is 1. The molecule has 0 spiro atoms. The number of aromatic nitrogens is 2. The first-order chi connectivity index (χ1) is 16.0. The van der Waals surface area contributed by atoms with Gasteiger partial charge in [-0.2, -0.15) is 0 Å². The number of hydrazine groups is 1. The molecular formula is C23H23FN6O3. The van der Waals surface area contributed by atoms with Crippen LogP contribution >= 0.6 is 0 Å². The molecule has 1 saturated heterocycles. The quantitative estimate of drug-likeness (QED) is 0.416. The third-order valence-electron chi connectivity index (χ3n) is 5.67. The number of anilines is 2. The fraction of sp³-hybridized carbons (Fsp3) is 0.261. The van der Waals surface area contributed by atoms with Crippen molar-refractivity contribution < 1.29 is 14.1 Å². The van der Waals surface area contributed by atoms with Crippen LogP contribution in [0.25, 0.3) is 0 Å². The van der Waals surface area contributed by atoms with Gasteiger partial charge in [-0.15, -0.1) is 0 Å². The van der Waals surface area contributed by atoms with Crippen molar-refractivity contribution in [3.63, 3.8) is 0 Å². The number of nitro groups is 1. The highest BCUT2D eigenvalue weighted by molar-refractivity contribution is 5.95. The van der Waals surface area contributed by atoms with E-state index < -0.39 is 16.6 Å². The number of carbonyl (C=O) groups is 1. The van der Waals surface area contributed by atoms with Gasteiger partial charge in [0.2, 0.25) is 11.6 Å². The molecule has 3 aromatic rings. The smallest absolute Gasteiger partial charge is 0.351 e. The Morgan fingerprint density at radius 3 is 2.45 bits per heavy atom. The molecule has 1 amide bonds. The summed E-state index contributed by atoms with van der Waals surface area (Å²) in [5, 5.41) is 11.8. The number of carbonyl (C=O) groups excluding carboxylic acids is 1. The Labute approximate surface area is 189 Å². The van der Waals surface area contributed by atoms with Crippen LogP contribution in [0.3, 0.4) is 0 Å². The molecule has 2 heterocycles. The van der Waals surface area contributed by atoms with E-state index in [0.717, 1.165) is 31.4 Å². The Bertz CT molecular complexity index is 1120. The molecule has 10 heteroatoms. The number of halogens is 1. The zero-order valence-corrected chi connectivity index (χ0v) is 17.8. The fourth-order valence-electron chi connectivity index (χ4n) is 3.95. The minimum absolute atomic E-state index is 0.119. The van der Waals surface area contributed by atoms with Crippen LogP contribution in [0.15, 0.2) is 60.9 Å². The van der Waals surface area contributed by atoms with Crippen molar-refractivity contribution in [1.29, 1.82) is 0 Å². The van der Waals surface area contributed by atoms with Gasteiger partial charge < -0.3 is 4.90 Å². The van der Waals surface area contributed by atoms with Crippen LogP contribution in [-0.2, 0) is 6.42 Å². The molecular weight excluding hydrogens is 427 g/mol.